The predicted octanol–water partition coefficient (Wildman–Crippen LogP) is 1.70. The van der Waals surface area contributed by atoms with Crippen molar-refractivity contribution in [3.05, 3.63) is 47.8 Å². The van der Waals surface area contributed by atoms with Gasteiger partial charge in [0, 0.05) is 23.7 Å². The minimum absolute atomic E-state index is 0.420. The first kappa shape index (κ1) is 15.1. The van der Waals surface area contributed by atoms with Crippen LogP contribution in [0.25, 0.3) is 0 Å². The summed E-state index contributed by atoms with van der Waals surface area (Å²) in [5.41, 5.74) is 0.889. The van der Waals surface area contributed by atoms with Crippen molar-refractivity contribution in [3.8, 4) is 0 Å². The monoisotopic (exact) mass is 305 g/mol. The molecule has 1 amide bonds. The van der Waals surface area contributed by atoms with Gasteiger partial charge in [0.2, 0.25) is 0 Å². The summed E-state index contributed by atoms with van der Waals surface area (Å²) in [4.78, 5) is 24.5. The molecule has 1 aromatic heterocycles. The lowest BCUT2D eigenvalue weighted by Gasteiger charge is -2.14. The largest absolute Gasteiger partial charge is 0.479 e. The van der Waals surface area contributed by atoms with Crippen LogP contribution < -0.4 is 5.32 Å². The van der Waals surface area contributed by atoms with Crippen molar-refractivity contribution in [1.29, 1.82) is 0 Å². The molecule has 2 N–H and O–H groups in total. The molecule has 0 radical (unpaired) electrons. The second-order valence-electron chi connectivity index (χ2n) is 4.39. The number of rotatable bonds is 5. The number of aliphatic carboxylic acids is 1. The molecule has 0 saturated carbocycles. The molecule has 2 aromatic rings. The van der Waals surface area contributed by atoms with Crippen molar-refractivity contribution >= 4 is 23.6 Å². The molecule has 1 aromatic carbocycles. The van der Waals surface area contributed by atoms with Crippen LogP contribution in [-0.4, -0.2) is 33.0 Å². The van der Waals surface area contributed by atoms with E-state index in [0.29, 0.717) is 11.1 Å². The topological polar surface area (TPSA) is 84.2 Å². The maximum atomic E-state index is 12.3. The average Bonchev–Trinajstić information content (AvgIpc) is 2.90. The quantitative estimate of drug-likeness (QED) is 0.821. The summed E-state index contributed by atoms with van der Waals surface area (Å²) in [6, 6.07) is 5.94. The summed E-state index contributed by atoms with van der Waals surface area (Å²) in [5.74, 6) is -1.55. The molecule has 1 unspecified atom stereocenters. The molecule has 1 atom stereocenters. The summed E-state index contributed by atoms with van der Waals surface area (Å²) in [5, 5.41) is 15.8. The number of aromatic nitrogens is 2. The zero-order chi connectivity index (χ0) is 15.4. The fraction of sp³-hybridized carbons (Fsp3) is 0.214. The second kappa shape index (κ2) is 6.45. The molecule has 7 heteroatoms. The highest BCUT2D eigenvalue weighted by Crippen LogP contribution is 2.21. The fourth-order valence-electron chi connectivity index (χ4n) is 1.92. The van der Waals surface area contributed by atoms with E-state index in [1.54, 1.807) is 25.4 Å². The first-order chi connectivity index (χ1) is 10.0. The SMILES string of the molecule is CSc1ccccc1C(=O)NC(C(=O)O)c1cnn(C)c1. The minimum Gasteiger partial charge on any atom is -0.479 e. The maximum absolute atomic E-state index is 12.3. The molecule has 6 nitrogen and oxygen atoms in total. The molecular formula is C14H15N3O3S. The third-order valence-corrected chi connectivity index (χ3v) is 3.73. The molecule has 0 fully saturated rings. The van der Waals surface area contributed by atoms with E-state index in [0.717, 1.165) is 4.90 Å². The van der Waals surface area contributed by atoms with Crippen molar-refractivity contribution in [2.45, 2.75) is 10.9 Å². The molecule has 0 aliphatic carbocycles. The summed E-state index contributed by atoms with van der Waals surface area (Å²) in [6.45, 7) is 0. The third kappa shape index (κ3) is 3.43. The Bertz CT molecular complexity index is 669. The molecule has 0 aliphatic rings. The van der Waals surface area contributed by atoms with Gasteiger partial charge in [0.15, 0.2) is 6.04 Å². The Morgan fingerprint density at radius 3 is 2.67 bits per heavy atom. The van der Waals surface area contributed by atoms with E-state index < -0.39 is 17.9 Å². The van der Waals surface area contributed by atoms with Gasteiger partial charge in [-0.1, -0.05) is 12.1 Å². The van der Waals surface area contributed by atoms with Crippen LogP contribution in [0.1, 0.15) is 22.0 Å². The van der Waals surface area contributed by atoms with Crippen molar-refractivity contribution in [1.82, 2.24) is 15.1 Å². The average molecular weight is 305 g/mol. The van der Waals surface area contributed by atoms with Crippen LogP contribution in [0.5, 0.6) is 0 Å². The van der Waals surface area contributed by atoms with Crippen molar-refractivity contribution < 1.29 is 14.7 Å². The van der Waals surface area contributed by atoms with Crippen LogP contribution in [0.2, 0.25) is 0 Å². The molecule has 1 heterocycles. The van der Waals surface area contributed by atoms with Crippen LogP contribution in [0.15, 0.2) is 41.6 Å². The number of aryl methyl sites for hydroxylation is 1. The Labute approximate surface area is 126 Å². The number of thioether (sulfide) groups is 1. The summed E-state index contributed by atoms with van der Waals surface area (Å²) in [7, 11) is 1.69. The van der Waals surface area contributed by atoms with E-state index in [4.69, 9.17) is 0 Å². The molecule has 0 bridgehead atoms. The standard InChI is InChI=1S/C14H15N3O3S/c1-17-8-9(7-15-17)12(14(19)20)16-13(18)10-5-3-4-6-11(10)21-2/h3-8,12H,1-2H3,(H,16,18)(H,19,20). The second-order valence-corrected chi connectivity index (χ2v) is 5.24. The summed E-state index contributed by atoms with van der Waals surface area (Å²) < 4.78 is 1.49. The molecule has 0 aliphatic heterocycles. The number of carboxylic acids is 1. The smallest absolute Gasteiger partial charge is 0.331 e. The van der Waals surface area contributed by atoms with E-state index in [9.17, 15) is 14.7 Å². The molecule has 2 rings (SSSR count). The van der Waals surface area contributed by atoms with Crippen LogP contribution in [0, 0.1) is 0 Å². The Morgan fingerprint density at radius 1 is 1.38 bits per heavy atom. The van der Waals surface area contributed by atoms with Crippen LogP contribution in [-0.2, 0) is 11.8 Å². The number of carboxylic acid groups (broad SMARTS) is 1. The number of carbonyl (C=O) groups is 2. The van der Waals surface area contributed by atoms with Crippen LogP contribution in [0.4, 0.5) is 0 Å². The third-order valence-electron chi connectivity index (χ3n) is 2.93. The van der Waals surface area contributed by atoms with Gasteiger partial charge in [-0.25, -0.2) is 4.79 Å². The van der Waals surface area contributed by atoms with Gasteiger partial charge in [-0.2, -0.15) is 5.10 Å². The van der Waals surface area contributed by atoms with Gasteiger partial charge in [0.05, 0.1) is 11.8 Å². The lowest BCUT2D eigenvalue weighted by atomic mass is 10.1. The number of nitrogens with one attached hydrogen (secondary N) is 1. The number of benzene rings is 1. The molecular weight excluding hydrogens is 290 g/mol. The minimum atomic E-state index is -1.13. The van der Waals surface area contributed by atoms with E-state index >= 15 is 0 Å². The van der Waals surface area contributed by atoms with Gasteiger partial charge in [0.25, 0.3) is 5.91 Å². The van der Waals surface area contributed by atoms with Gasteiger partial charge in [0.1, 0.15) is 0 Å². The van der Waals surface area contributed by atoms with Gasteiger partial charge in [-0.3, -0.25) is 9.48 Å². The van der Waals surface area contributed by atoms with Crippen molar-refractivity contribution in [2.75, 3.05) is 6.26 Å². The van der Waals surface area contributed by atoms with Crippen molar-refractivity contribution in [3.63, 3.8) is 0 Å². The Balaban J connectivity index is 2.25. The Kier molecular flexibility index (Phi) is 4.64. The van der Waals surface area contributed by atoms with Gasteiger partial charge in [-0.15, -0.1) is 11.8 Å². The van der Waals surface area contributed by atoms with Gasteiger partial charge < -0.3 is 10.4 Å². The highest BCUT2D eigenvalue weighted by Gasteiger charge is 2.24. The Hall–Kier alpha value is -2.28. The maximum Gasteiger partial charge on any atom is 0.331 e. The van der Waals surface area contributed by atoms with Crippen LogP contribution >= 0.6 is 11.8 Å². The van der Waals surface area contributed by atoms with E-state index in [1.807, 2.05) is 18.4 Å². The summed E-state index contributed by atoms with van der Waals surface area (Å²) >= 11 is 1.43. The van der Waals surface area contributed by atoms with E-state index in [-0.39, 0.29) is 0 Å². The lowest BCUT2D eigenvalue weighted by Crippen LogP contribution is -2.33. The highest BCUT2D eigenvalue weighted by atomic mass is 32.2. The Morgan fingerprint density at radius 2 is 2.10 bits per heavy atom. The molecule has 110 valence electrons. The number of hydrogen-bond acceptors (Lipinski definition) is 4. The molecule has 0 spiro atoms. The van der Waals surface area contributed by atoms with Crippen LogP contribution in [0.3, 0.4) is 0 Å². The number of amides is 1. The van der Waals surface area contributed by atoms with E-state index in [1.165, 1.54) is 22.6 Å². The first-order valence-electron chi connectivity index (χ1n) is 6.18. The number of carbonyl (C=O) groups excluding carboxylic acids is 1. The van der Waals surface area contributed by atoms with E-state index in [2.05, 4.69) is 10.4 Å². The van der Waals surface area contributed by atoms with Crippen molar-refractivity contribution in [2.24, 2.45) is 7.05 Å². The number of nitrogens with zero attached hydrogens (tertiary/aromatic N) is 2. The van der Waals surface area contributed by atoms with Gasteiger partial charge in [-0.05, 0) is 18.4 Å². The lowest BCUT2D eigenvalue weighted by molar-refractivity contribution is -0.139. The molecule has 21 heavy (non-hydrogen) atoms. The predicted molar refractivity (Wildman–Crippen MR) is 79.3 cm³/mol. The highest BCUT2D eigenvalue weighted by molar-refractivity contribution is 7.98. The number of hydrogen-bond donors (Lipinski definition) is 2. The first-order valence-corrected chi connectivity index (χ1v) is 7.40. The zero-order valence-electron chi connectivity index (χ0n) is 11.6. The van der Waals surface area contributed by atoms with Gasteiger partial charge >= 0.3 is 5.97 Å². The summed E-state index contributed by atoms with van der Waals surface area (Å²) in [6.07, 6.45) is 4.86. The molecule has 0 saturated heterocycles. The zero-order valence-corrected chi connectivity index (χ0v) is 12.4. The fourth-order valence-corrected chi connectivity index (χ4v) is 2.51. The normalized spacial score (nSPS) is 11.9.